The lowest BCUT2D eigenvalue weighted by atomic mass is 10.0. The van der Waals surface area contributed by atoms with Crippen LogP contribution < -0.4 is 0 Å². The molecule has 1 saturated heterocycles. The number of rotatable bonds is 6. The molecule has 1 fully saturated rings. The molecule has 1 unspecified atom stereocenters. The number of carbonyl (C=O) groups excluding carboxylic acids is 2. The van der Waals surface area contributed by atoms with Crippen LogP contribution in [0.1, 0.15) is 71.6 Å². The summed E-state index contributed by atoms with van der Waals surface area (Å²) in [6.45, 7) is 4.16. The predicted molar refractivity (Wildman–Crippen MR) is 68.5 cm³/mol. The Balaban J connectivity index is 2.28. The number of hydrogen-bond acceptors (Lipinski definition) is 2. The van der Waals surface area contributed by atoms with E-state index in [1.54, 1.807) is 0 Å². The third kappa shape index (κ3) is 4.49. The maximum absolute atomic E-state index is 12.0. The second kappa shape index (κ2) is 7.46. The summed E-state index contributed by atoms with van der Waals surface area (Å²) in [7, 11) is 0. The second-order valence-electron chi connectivity index (χ2n) is 5.06. The Kier molecular flexibility index (Phi) is 6.23. The molecule has 0 spiro atoms. The number of carbonyl (C=O) groups is 2. The molecule has 17 heavy (non-hydrogen) atoms. The van der Waals surface area contributed by atoms with Crippen molar-refractivity contribution in [3.05, 3.63) is 0 Å². The van der Waals surface area contributed by atoms with Crippen LogP contribution in [0.2, 0.25) is 0 Å². The van der Waals surface area contributed by atoms with E-state index < -0.39 is 0 Å². The molecule has 0 aromatic heterocycles. The maximum Gasteiger partial charge on any atom is 0.229 e. The first-order chi connectivity index (χ1) is 8.16. The van der Waals surface area contributed by atoms with Crippen LogP contribution in [0.3, 0.4) is 0 Å². The van der Waals surface area contributed by atoms with E-state index in [0.29, 0.717) is 12.8 Å². The summed E-state index contributed by atoms with van der Waals surface area (Å²) >= 11 is 0. The zero-order valence-corrected chi connectivity index (χ0v) is 11.2. The summed E-state index contributed by atoms with van der Waals surface area (Å²) in [6.07, 6.45) is 8.68. The normalized spacial score (nSPS) is 20.7. The van der Waals surface area contributed by atoms with Crippen LogP contribution in [0.25, 0.3) is 0 Å². The topological polar surface area (TPSA) is 37.4 Å². The molecule has 98 valence electrons. The molecule has 0 radical (unpaired) electrons. The van der Waals surface area contributed by atoms with Crippen LogP contribution in [0.15, 0.2) is 0 Å². The lowest BCUT2D eigenvalue weighted by Crippen LogP contribution is -2.45. The Morgan fingerprint density at radius 2 is 2.00 bits per heavy atom. The van der Waals surface area contributed by atoms with Gasteiger partial charge in [0.2, 0.25) is 11.8 Å². The Morgan fingerprint density at radius 3 is 2.65 bits per heavy atom. The predicted octanol–water partition coefficient (Wildman–Crippen LogP) is 3.27. The van der Waals surface area contributed by atoms with Crippen LogP contribution in [0, 0.1) is 0 Å². The lowest BCUT2D eigenvalue weighted by molar-refractivity contribution is -0.149. The first kappa shape index (κ1) is 14.2. The zero-order chi connectivity index (χ0) is 12.7. The Labute approximate surface area is 105 Å². The average molecular weight is 239 g/mol. The summed E-state index contributed by atoms with van der Waals surface area (Å²) in [5.41, 5.74) is 0. The van der Waals surface area contributed by atoms with Crippen molar-refractivity contribution in [2.24, 2.45) is 0 Å². The van der Waals surface area contributed by atoms with E-state index in [1.807, 2.05) is 6.92 Å². The highest BCUT2D eigenvalue weighted by Gasteiger charge is 2.29. The van der Waals surface area contributed by atoms with E-state index >= 15 is 0 Å². The number of amides is 2. The van der Waals surface area contributed by atoms with Gasteiger partial charge in [-0.3, -0.25) is 14.5 Å². The van der Waals surface area contributed by atoms with Crippen LogP contribution in [-0.4, -0.2) is 22.8 Å². The molecular weight excluding hydrogens is 214 g/mol. The molecule has 2 amide bonds. The van der Waals surface area contributed by atoms with Gasteiger partial charge < -0.3 is 0 Å². The van der Waals surface area contributed by atoms with Gasteiger partial charge in [0.1, 0.15) is 0 Å². The first-order valence-corrected chi connectivity index (χ1v) is 7.01. The molecule has 0 N–H and O–H groups in total. The number of nitrogens with zero attached hydrogens (tertiary/aromatic N) is 1. The molecule has 0 aliphatic carbocycles. The van der Waals surface area contributed by atoms with Crippen LogP contribution in [-0.2, 0) is 9.59 Å². The fourth-order valence-electron chi connectivity index (χ4n) is 2.43. The first-order valence-electron chi connectivity index (χ1n) is 7.01. The quantitative estimate of drug-likeness (QED) is 0.667. The van der Waals surface area contributed by atoms with Gasteiger partial charge in [-0.05, 0) is 26.2 Å². The smallest absolute Gasteiger partial charge is 0.229 e. The van der Waals surface area contributed by atoms with Crippen molar-refractivity contribution in [3.63, 3.8) is 0 Å². The monoisotopic (exact) mass is 239 g/mol. The van der Waals surface area contributed by atoms with E-state index in [-0.39, 0.29) is 17.9 Å². The van der Waals surface area contributed by atoms with Gasteiger partial charge >= 0.3 is 0 Å². The minimum absolute atomic E-state index is 0.0299. The SMILES string of the molecule is CCCCCCCC(=O)N1C(=O)CCCC1C. The molecule has 0 aromatic rings. The minimum atomic E-state index is 0.0299. The number of piperidine rings is 1. The summed E-state index contributed by atoms with van der Waals surface area (Å²) in [5.74, 6) is 0.0704. The molecule has 3 heteroatoms. The van der Waals surface area contributed by atoms with E-state index in [0.717, 1.165) is 25.7 Å². The molecule has 0 saturated carbocycles. The summed E-state index contributed by atoms with van der Waals surface area (Å²) in [5, 5.41) is 0. The van der Waals surface area contributed by atoms with Crippen molar-refractivity contribution in [3.8, 4) is 0 Å². The standard InChI is InChI=1S/C14H25NO2/c1-3-4-5-6-7-10-13(16)15-12(2)9-8-11-14(15)17/h12H,3-11H2,1-2H3. The molecule has 0 aromatic carbocycles. The van der Waals surface area contributed by atoms with E-state index in [4.69, 9.17) is 0 Å². The highest BCUT2D eigenvalue weighted by molar-refractivity contribution is 5.96. The zero-order valence-electron chi connectivity index (χ0n) is 11.2. The number of hydrogen-bond donors (Lipinski definition) is 0. The van der Waals surface area contributed by atoms with Crippen molar-refractivity contribution in [2.45, 2.75) is 77.7 Å². The van der Waals surface area contributed by atoms with Gasteiger partial charge in [-0.25, -0.2) is 0 Å². The van der Waals surface area contributed by atoms with Crippen molar-refractivity contribution >= 4 is 11.8 Å². The summed E-state index contributed by atoms with van der Waals surface area (Å²) < 4.78 is 0. The molecule has 0 bridgehead atoms. The Morgan fingerprint density at radius 1 is 1.29 bits per heavy atom. The number of imide groups is 1. The van der Waals surface area contributed by atoms with Gasteiger partial charge in [-0.1, -0.05) is 32.6 Å². The van der Waals surface area contributed by atoms with Gasteiger partial charge in [0.25, 0.3) is 0 Å². The van der Waals surface area contributed by atoms with Gasteiger partial charge in [-0.15, -0.1) is 0 Å². The third-order valence-corrected chi connectivity index (χ3v) is 3.48. The Bertz CT molecular complexity index is 263. The van der Waals surface area contributed by atoms with Gasteiger partial charge in [-0.2, -0.15) is 0 Å². The average Bonchev–Trinajstić information content (AvgIpc) is 2.28. The fraction of sp³-hybridized carbons (Fsp3) is 0.857. The van der Waals surface area contributed by atoms with Gasteiger partial charge in [0.05, 0.1) is 0 Å². The summed E-state index contributed by atoms with van der Waals surface area (Å²) in [4.78, 5) is 25.1. The second-order valence-corrected chi connectivity index (χ2v) is 5.06. The van der Waals surface area contributed by atoms with E-state index in [2.05, 4.69) is 6.92 Å². The van der Waals surface area contributed by atoms with E-state index in [1.165, 1.54) is 24.2 Å². The Hall–Kier alpha value is -0.860. The van der Waals surface area contributed by atoms with Crippen molar-refractivity contribution < 1.29 is 9.59 Å². The largest absolute Gasteiger partial charge is 0.280 e. The van der Waals surface area contributed by atoms with Crippen molar-refractivity contribution in [1.29, 1.82) is 0 Å². The minimum Gasteiger partial charge on any atom is -0.280 e. The van der Waals surface area contributed by atoms with Crippen LogP contribution in [0.5, 0.6) is 0 Å². The summed E-state index contributed by atoms with van der Waals surface area (Å²) in [6, 6.07) is 0.111. The van der Waals surface area contributed by atoms with E-state index in [9.17, 15) is 9.59 Å². The molecule has 3 nitrogen and oxygen atoms in total. The van der Waals surface area contributed by atoms with Crippen LogP contribution >= 0.6 is 0 Å². The number of unbranched alkanes of at least 4 members (excludes halogenated alkanes) is 4. The lowest BCUT2D eigenvalue weighted by Gasteiger charge is -2.31. The highest BCUT2D eigenvalue weighted by atomic mass is 16.2. The molecule has 1 heterocycles. The molecule has 1 atom stereocenters. The fourth-order valence-corrected chi connectivity index (χ4v) is 2.43. The molecule has 1 rings (SSSR count). The van der Waals surface area contributed by atoms with Crippen molar-refractivity contribution in [2.75, 3.05) is 0 Å². The van der Waals surface area contributed by atoms with Crippen molar-refractivity contribution in [1.82, 2.24) is 4.90 Å². The van der Waals surface area contributed by atoms with Gasteiger partial charge in [0.15, 0.2) is 0 Å². The third-order valence-electron chi connectivity index (χ3n) is 3.48. The van der Waals surface area contributed by atoms with Gasteiger partial charge in [0, 0.05) is 18.9 Å². The van der Waals surface area contributed by atoms with Crippen LogP contribution in [0.4, 0.5) is 0 Å². The molecule has 1 aliphatic rings. The molecular formula is C14H25NO2. The maximum atomic E-state index is 12.0. The number of likely N-dealkylation sites (tertiary alicyclic amines) is 1. The highest BCUT2D eigenvalue weighted by Crippen LogP contribution is 2.19. The molecule has 1 aliphatic heterocycles.